The zero-order valence-electron chi connectivity index (χ0n) is 13.9. The minimum Gasteiger partial charge on any atom is -0.358 e. The smallest absolute Gasteiger partial charge is 0.230 e. The number of para-hydroxylation sites is 1. The van der Waals surface area contributed by atoms with Gasteiger partial charge < -0.3 is 9.88 Å². The van der Waals surface area contributed by atoms with Crippen LogP contribution in [0.3, 0.4) is 0 Å². The van der Waals surface area contributed by atoms with Gasteiger partial charge in [0.25, 0.3) is 0 Å². The molecule has 1 aliphatic carbocycles. The highest BCUT2D eigenvalue weighted by atomic mass is 35.5. The number of aromatic nitrogens is 1. The number of aromatic amines is 1. The van der Waals surface area contributed by atoms with E-state index in [-0.39, 0.29) is 11.8 Å². The van der Waals surface area contributed by atoms with E-state index in [4.69, 9.17) is 11.6 Å². The number of amides is 1. The van der Waals surface area contributed by atoms with Crippen LogP contribution in [-0.4, -0.2) is 17.4 Å². The molecule has 3 nitrogen and oxygen atoms in total. The standard InChI is InChI=1S/C21H19ClN2O/c22-15-6-8-19-17(12-15)16-11-14(5-7-18(16)23-19)21(25)24-10-9-13-3-1-2-4-20(13)24/h1-4,6,8,12,14,23H,5,7,9-11H2. The van der Waals surface area contributed by atoms with Gasteiger partial charge in [0.2, 0.25) is 5.91 Å². The van der Waals surface area contributed by atoms with Crippen LogP contribution < -0.4 is 4.90 Å². The molecule has 2 aliphatic rings. The van der Waals surface area contributed by atoms with Crippen molar-refractivity contribution in [1.29, 1.82) is 0 Å². The Hall–Kier alpha value is -2.26. The molecular weight excluding hydrogens is 332 g/mol. The largest absolute Gasteiger partial charge is 0.358 e. The Labute approximate surface area is 151 Å². The van der Waals surface area contributed by atoms with Crippen molar-refractivity contribution in [2.75, 3.05) is 11.4 Å². The maximum Gasteiger partial charge on any atom is 0.230 e. The molecule has 5 rings (SSSR count). The molecule has 2 heterocycles. The van der Waals surface area contributed by atoms with Crippen molar-refractivity contribution in [3.05, 3.63) is 64.3 Å². The van der Waals surface area contributed by atoms with Gasteiger partial charge in [0.15, 0.2) is 0 Å². The van der Waals surface area contributed by atoms with Crippen LogP contribution in [0.15, 0.2) is 42.5 Å². The molecule has 1 N–H and O–H groups in total. The number of rotatable bonds is 1. The minimum atomic E-state index is 0.0524. The number of hydrogen-bond donors (Lipinski definition) is 1. The number of carbonyl (C=O) groups is 1. The second-order valence-corrected chi connectivity index (χ2v) is 7.52. The SMILES string of the molecule is O=C(C1CCc2[nH]c3ccc(Cl)cc3c2C1)N1CCc2ccccc21. The van der Waals surface area contributed by atoms with Gasteiger partial charge in [-0.15, -0.1) is 0 Å². The molecule has 0 spiro atoms. The fourth-order valence-corrected chi connectivity index (χ4v) is 4.56. The first-order valence-electron chi connectivity index (χ1n) is 8.89. The molecule has 1 unspecified atom stereocenters. The van der Waals surface area contributed by atoms with Gasteiger partial charge in [0.1, 0.15) is 0 Å². The van der Waals surface area contributed by atoms with E-state index in [0.29, 0.717) is 0 Å². The van der Waals surface area contributed by atoms with E-state index in [1.165, 1.54) is 22.2 Å². The van der Waals surface area contributed by atoms with Crippen LogP contribution >= 0.6 is 11.6 Å². The highest BCUT2D eigenvalue weighted by Crippen LogP contribution is 2.36. The second-order valence-electron chi connectivity index (χ2n) is 7.08. The van der Waals surface area contributed by atoms with Crippen LogP contribution in [-0.2, 0) is 24.1 Å². The summed E-state index contributed by atoms with van der Waals surface area (Å²) in [5.41, 5.74) is 6.04. The summed E-state index contributed by atoms with van der Waals surface area (Å²) in [5.74, 6) is 0.323. The molecule has 2 aromatic carbocycles. The number of halogens is 1. The van der Waals surface area contributed by atoms with Crippen LogP contribution in [0.5, 0.6) is 0 Å². The predicted octanol–water partition coefficient (Wildman–Crippen LogP) is 4.52. The van der Waals surface area contributed by atoms with E-state index >= 15 is 0 Å². The van der Waals surface area contributed by atoms with Crippen LogP contribution in [0.25, 0.3) is 10.9 Å². The van der Waals surface area contributed by atoms with Crippen molar-refractivity contribution in [2.45, 2.75) is 25.7 Å². The monoisotopic (exact) mass is 350 g/mol. The summed E-state index contributed by atoms with van der Waals surface area (Å²) >= 11 is 6.19. The highest BCUT2D eigenvalue weighted by Gasteiger charge is 2.33. The molecule has 25 heavy (non-hydrogen) atoms. The molecule has 1 aromatic heterocycles. The lowest BCUT2D eigenvalue weighted by Crippen LogP contribution is -2.37. The molecule has 0 radical (unpaired) electrons. The lowest BCUT2D eigenvalue weighted by molar-refractivity contribution is -0.122. The molecule has 1 atom stereocenters. The number of nitrogens with one attached hydrogen (secondary N) is 1. The molecule has 1 amide bonds. The molecule has 1 aliphatic heterocycles. The van der Waals surface area contributed by atoms with Gasteiger partial charge in [-0.05, 0) is 61.1 Å². The fraction of sp³-hybridized carbons (Fsp3) is 0.286. The summed E-state index contributed by atoms with van der Waals surface area (Å²) in [6.45, 7) is 0.807. The Morgan fingerprint density at radius 2 is 2.04 bits per heavy atom. The number of hydrogen-bond acceptors (Lipinski definition) is 1. The minimum absolute atomic E-state index is 0.0524. The van der Waals surface area contributed by atoms with Crippen LogP contribution in [0.2, 0.25) is 5.02 Å². The highest BCUT2D eigenvalue weighted by molar-refractivity contribution is 6.31. The van der Waals surface area contributed by atoms with Crippen LogP contribution in [0, 0.1) is 5.92 Å². The summed E-state index contributed by atoms with van der Waals surface area (Å²) in [7, 11) is 0. The zero-order chi connectivity index (χ0) is 17.0. The van der Waals surface area contributed by atoms with Gasteiger partial charge in [0.05, 0.1) is 0 Å². The van der Waals surface area contributed by atoms with Gasteiger partial charge in [-0.1, -0.05) is 29.8 Å². The Bertz CT molecular complexity index is 991. The van der Waals surface area contributed by atoms with Crippen LogP contribution in [0.4, 0.5) is 5.69 Å². The first-order valence-corrected chi connectivity index (χ1v) is 9.27. The average molecular weight is 351 g/mol. The Morgan fingerprint density at radius 1 is 1.16 bits per heavy atom. The number of H-pyrrole nitrogens is 1. The molecular formula is C21H19ClN2O. The first kappa shape index (κ1) is 15.0. The third-order valence-electron chi connectivity index (χ3n) is 5.65. The van der Waals surface area contributed by atoms with E-state index in [1.807, 2.05) is 29.2 Å². The van der Waals surface area contributed by atoms with Gasteiger partial charge in [-0.3, -0.25) is 4.79 Å². The number of aryl methyl sites for hydroxylation is 1. The topological polar surface area (TPSA) is 36.1 Å². The van der Waals surface area contributed by atoms with E-state index in [2.05, 4.69) is 23.2 Å². The summed E-state index contributed by atoms with van der Waals surface area (Å²) in [6.07, 6.45) is 3.59. The maximum absolute atomic E-state index is 13.2. The lowest BCUT2D eigenvalue weighted by atomic mass is 9.85. The molecule has 3 aromatic rings. The molecule has 0 saturated carbocycles. The number of nitrogens with zero attached hydrogens (tertiary/aromatic N) is 1. The third kappa shape index (κ3) is 2.37. The van der Waals surface area contributed by atoms with Gasteiger partial charge in [-0.25, -0.2) is 0 Å². The first-order chi connectivity index (χ1) is 12.2. The Kier molecular flexibility index (Phi) is 3.39. The van der Waals surface area contributed by atoms with E-state index < -0.39 is 0 Å². The quantitative estimate of drug-likeness (QED) is 0.688. The van der Waals surface area contributed by atoms with Crippen molar-refractivity contribution in [2.24, 2.45) is 5.92 Å². The summed E-state index contributed by atoms with van der Waals surface area (Å²) in [4.78, 5) is 18.7. The van der Waals surface area contributed by atoms with E-state index in [1.54, 1.807) is 0 Å². The van der Waals surface area contributed by atoms with E-state index in [9.17, 15) is 4.79 Å². The van der Waals surface area contributed by atoms with Gasteiger partial charge in [0, 0.05) is 39.8 Å². The molecule has 126 valence electrons. The zero-order valence-corrected chi connectivity index (χ0v) is 14.6. The summed E-state index contributed by atoms with van der Waals surface area (Å²) in [5, 5.41) is 1.91. The third-order valence-corrected chi connectivity index (χ3v) is 5.89. The number of fused-ring (bicyclic) bond motifs is 4. The molecule has 4 heteroatoms. The summed E-state index contributed by atoms with van der Waals surface area (Å²) < 4.78 is 0. The lowest BCUT2D eigenvalue weighted by Gasteiger charge is -2.27. The summed E-state index contributed by atoms with van der Waals surface area (Å²) in [6, 6.07) is 14.2. The van der Waals surface area contributed by atoms with Crippen molar-refractivity contribution < 1.29 is 4.79 Å². The molecule has 0 saturated heterocycles. The van der Waals surface area contributed by atoms with E-state index in [0.717, 1.165) is 48.5 Å². The number of anilines is 1. The normalized spacial score (nSPS) is 19.1. The van der Waals surface area contributed by atoms with Crippen molar-refractivity contribution in [3.63, 3.8) is 0 Å². The predicted molar refractivity (Wildman–Crippen MR) is 101 cm³/mol. The van der Waals surface area contributed by atoms with Gasteiger partial charge >= 0.3 is 0 Å². The Balaban J connectivity index is 1.47. The molecule has 0 bridgehead atoms. The number of carbonyl (C=O) groups excluding carboxylic acids is 1. The van der Waals surface area contributed by atoms with Crippen molar-refractivity contribution in [1.82, 2.24) is 4.98 Å². The number of benzene rings is 2. The van der Waals surface area contributed by atoms with Gasteiger partial charge in [-0.2, -0.15) is 0 Å². The van der Waals surface area contributed by atoms with Crippen molar-refractivity contribution >= 4 is 34.1 Å². The fourth-order valence-electron chi connectivity index (χ4n) is 4.39. The Morgan fingerprint density at radius 3 is 2.96 bits per heavy atom. The second kappa shape index (κ2) is 5.63. The molecule has 0 fully saturated rings. The maximum atomic E-state index is 13.2. The van der Waals surface area contributed by atoms with Crippen molar-refractivity contribution in [3.8, 4) is 0 Å². The average Bonchev–Trinajstić information content (AvgIpc) is 3.22. The van der Waals surface area contributed by atoms with Crippen LogP contribution in [0.1, 0.15) is 23.2 Å².